The van der Waals surface area contributed by atoms with Gasteiger partial charge in [0.25, 0.3) is 0 Å². The van der Waals surface area contributed by atoms with Gasteiger partial charge in [0.05, 0.1) is 13.1 Å². The second-order valence-corrected chi connectivity index (χ2v) is 3.77. The average Bonchev–Trinajstić information content (AvgIpc) is 2.24. The number of nitrogens with two attached hydrogens (primary N) is 1. The van der Waals surface area contributed by atoms with Gasteiger partial charge in [0.2, 0.25) is 11.8 Å². The van der Waals surface area contributed by atoms with Crippen LogP contribution in [0.4, 0.5) is 0 Å². The lowest BCUT2D eigenvalue weighted by Gasteiger charge is -2.20. The van der Waals surface area contributed by atoms with Crippen molar-refractivity contribution in [1.29, 1.82) is 0 Å². The predicted octanol–water partition coefficient (Wildman–Crippen LogP) is -0.0124. The third kappa shape index (κ3) is 7.48. The molecule has 0 saturated heterocycles. The molecule has 0 saturated carbocycles. The molecule has 6 heteroatoms. The van der Waals surface area contributed by atoms with E-state index in [-0.39, 0.29) is 37.3 Å². The van der Waals surface area contributed by atoms with Gasteiger partial charge in [0, 0.05) is 13.6 Å². The lowest BCUT2D eigenvalue weighted by Crippen LogP contribution is -2.41. The summed E-state index contributed by atoms with van der Waals surface area (Å²) in [6.07, 6.45) is 1.03. The molecule has 16 heavy (non-hydrogen) atoms. The Morgan fingerprint density at radius 2 is 2.00 bits per heavy atom. The lowest BCUT2D eigenvalue weighted by atomic mass is 10.1. The van der Waals surface area contributed by atoms with Gasteiger partial charge in [-0.05, 0) is 5.92 Å². The van der Waals surface area contributed by atoms with Gasteiger partial charge < -0.3 is 16.0 Å². The quantitative estimate of drug-likeness (QED) is 0.697. The zero-order chi connectivity index (χ0) is 11.8. The molecule has 2 amide bonds. The first-order valence-corrected chi connectivity index (χ1v) is 5.22. The van der Waals surface area contributed by atoms with E-state index in [4.69, 9.17) is 5.73 Å². The molecule has 3 N–H and O–H groups in total. The summed E-state index contributed by atoms with van der Waals surface area (Å²) >= 11 is 0. The van der Waals surface area contributed by atoms with Crippen LogP contribution in [0.2, 0.25) is 0 Å². The van der Waals surface area contributed by atoms with E-state index in [1.54, 1.807) is 11.9 Å². The molecular formula is C10H22ClN3O2. The highest BCUT2D eigenvalue weighted by molar-refractivity contribution is 5.85. The maximum absolute atomic E-state index is 11.5. The van der Waals surface area contributed by atoms with Crippen molar-refractivity contribution in [2.45, 2.75) is 20.3 Å². The minimum Gasteiger partial charge on any atom is -0.346 e. The van der Waals surface area contributed by atoms with Crippen molar-refractivity contribution < 1.29 is 9.59 Å². The molecule has 0 aromatic rings. The molecule has 0 heterocycles. The maximum atomic E-state index is 11.5. The Morgan fingerprint density at radius 1 is 1.44 bits per heavy atom. The Labute approximate surface area is 103 Å². The first-order chi connectivity index (χ1) is 7.01. The molecule has 0 bridgehead atoms. The molecule has 0 aromatic heterocycles. The number of nitrogens with zero attached hydrogens (tertiary/aromatic N) is 1. The van der Waals surface area contributed by atoms with Gasteiger partial charge in [0.15, 0.2) is 0 Å². The third-order valence-electron chi connectivity index (χ3n) is 2.33. The predicted molar refractivity (Wildman–Crippen MR) is 66.4 cm³/mol. The van der Waals surface area contributed by atoms with E-state index in [0.29, 0.717) is 12.5 Å². The second kappa shape index (κ2) is 9.42. The molecule has 0 radical (unpaired) electrons. The van der Waals surface area contributed by atoms with Crippen molar-refractivity contribution in [3.05, 3.63) is 0 Å². The fourth-order valence-electron chi connectivity index (χ4n) is 1.08. The SMILES string of the molecule is CCC(C)CN(C)C(=O)CNC(=O)CN.Cl. The van der Waals surface area contributed by atoms with Crippen molar-refractivity contribution >= 4 is 24.2 Å². The highest BCUT2D eigenvalue weighted by Gasteiger charge is 2.11. The maximum Gasteiger partial charge on any atom is 0.241 e. The highest BCUT2D eigenvalue weighted by atomic mass is 35.5. The van der Waals surface area contributed by atoms with E-state index in [9.17, 15) is 9.59 Å². The minimum absolute atomic E-state index is 0. The molecule has 96 valence electrons. The summed E-state index contributed by atoms with van der Waals surface area (Å²) in [5.74, 6) is 0.0848. The van der Waals surface area contributed by atoms with Crippen LogP contribution < -0.4 is 11.1 Å². The number of carbonyl (C=O) groups is 2. The second-order valence-electron chi connectivity index (χ2n) is 3.77. The van der Waals surface area contributed by atoms with Crippen LogP contribution in [0.3, 0.4) is 0 Å². The summed E-state index contributed by atoms with van der Waals surface area (Å²) in [7, 11) is 1.74. The molecule has 1 atom stereocenters. The molecular weight excluding hydrogens is 230 g/mol. The number of halogens is 1. The van der Waals surface area contributed by atoms with Crippen molar-refractivity contribution in [2.75, 3.05) is 26.7 Å². The third-order valence-corrected chi connectivity index (χ3v) is 2.33. The van der Waals surface area contributed by atoms with E-state index >= 15 is 0 Å². The Kier molecular flexibility index (Phi) is 10.3. The molecule has 0 fully saturated rings. The van der Waals surface area contributed by atoms with Crippen molar-refractivity contribution in [3.8, 4) is 0 Å². The zero-order valence-corrected chi connectivity index (χ0v) is 11.0. The molecule has 0 aliphatic rings. The number of hydrogen-bond acceptors (Lipinski definition) is 3. The Morgan fingerprint density at radius 3 is 2.44 bits per heavy atom. The summed E-state index contributed by atoms with van der Waals surface area (Å²) < 4.78 is 0. The number of nitrogens with one attached hydrogen (secondary N) is 1. The fraction of sp³-hybridized carbons (Fsp3) is 0.800. The summed E-state index contributed by atoms with van der Waals surface area (Å²) in [6.45, 7) is 4.83. The summed E-state index contributed by atoms with van der Waals surface area (Å²) in [5, 5.41) is 2.45. The van der Waals surface area contributed by atoms with Crippen LogP contribution >= 0.6 is 12.4 Å². The van der Waals surface area contributed by atoms with Crippen molar-refractivity contribution in [1.82, 2.24) is 10.2 Å². The first kappa shape index (κ1) is 17.6. The van der Waals surface area contributed by atoms with Gasteiger partial charge >= 0.3 is 0 Å². The number of hydrogen-bond donors (Lipinski definition) is 2. The van der Waals surface area contributed by atoms with Gasteiger partial charge in [-0.2, -0.15) is 0 Å². The largest absolute Gasteiger partial charge is 0.346 e. The summed E-state index contributed by atoms with van der Waals surface area (Å²) in [6, 6.07) is 0. The Balaban J connectivity index is 0. The molecule has 0 aliphatic heterocycles. The van der Waals surface area contributed by atoms with E-state index in [0.717, 1.165) is 6.42 Å². The van der Waals surface area contributed by atoms with Crippen LogP contribution in [0.1, 0.15) is 20.3 Å². The molecule has 5 nitrogen and oxygen atoms in total. The van der Waals surface area contributed by atoms with Crippen LogP contribution in [0.5, 0.6) is 0 Å². The monoisotopic (exact) mass is 251 g/mol. The van der Waals surface area contributed by atoms with Crippen molar-refractivity contribution in [3.63, 3.8) is 0 Å². The Bertz CT molecular complexity index is 224. The van der Waals surface area contributed by atoms with E-state index in [1.807, 2.05) is 0 Å². The van der Waals surface area contributed by atoms with E-state index < -0.39 is 0 Å². The number of likely N-dealkylation sites (N-methyl/N-ethyl adjacent to an activating group) is 1. The normalized spacial score (nSPS) is 11.2. The van der Waals surface area contributed by atoms with Crippen molar-refractivity contribution in [2.24, 2.45) is 11.7 Å². The van der Waals surface area contributed by atoms with Gasteiger partial charge in [-0.25, -0.2) is 0 Å². The smallest absolute Gasteiger partial charge is 0.241 e. The van der Waals surface area contributed by atoms with Gasteiger partial charge in [-0.1, -0.05) is 20.3 Å². The molecule has 1 unspecified atom stereocenters. The number of carbonyl (C=O) groups excluding carboxylic acids is 2. The zero-order valence-electron chi connectivity index (χ0n) is 10.2. The highest BCUT2D eigenvalue weighted by Crippen LogP contribution is 2.02. The van der Waals surface area contributed by atoms with Gasteiger partial charge in [-0.15, -0.1) is 12.4 Å². The summed E-state index contributed by atoms with van der Waals surface area (Å²) in [4.78, 5) is 23.9. The molecule has 0 aromatic carbocycles. The van der Waals surface area contributed by atoms with Crippen LogP contribution in [0.15, 0.2) is 0 Å². The average molecular weight is 252 g/mol. The van der Waals surface area contributed by atoms with E-state index in [2.05, 4.69) is 19.2 Å². The standard InChI is InChI=1S/C10H21N3O2.ClH/c1-4-8(2)7-13(3)10(15)6-12-9(14)5-11;/h8H,4-7,11H2,1-3H3,(H,12,14);1H. The lowest BCUT2D eigenvalue weighted by molar-refractivity contribution is -0.131. The number of amides is 2. The van der Waals surface area contributed by atoms with Crippen LogP contribution in [0, 0.1) is 5.92 Å². The van der Waals surface area contributed by atoms with E-state index in [1.165, 1.54) is 0 Å². The van der Waals surface area contributed by atoms with Gasteiger partial charge in [0.1, 0.15) is 0 Å². The van der Waals surface area contributed by atoms with Crippen LogP contribution in [-0.2, 0) is 9.59 Å². The molecule has 0 rings (SSSR count). The van der Waals surface area contributed by atoms with Crippen LogP contribution in [0.25, 0.3) is 0 Å². The molecule has 0 spiro atoms. The topological polar surface area (TPSA) is 75.4 Å². The first-order valence-electron chi connectivity index (χ1n) is 5.22. The molecule has 0 aliphatic carbocycles. The fourth-order valence-corrected chi connectivity index (χ4v) is 1.08. The van der Waals surface area contributed by atoms with Gasteiger partial charge in [-0.3, -0.25) is 9.59 Å². The minimum atomic E-state index is -0.305. The number of rotatable bonds is 6. The van der Waals surface area contributed by atoms with Crippen LogP contribution in [-0.4, -0.2) is 43.4 Å². The summed E-state index contributed by atoms with van der Waals surface area (Å²) in [5.41, 5.74) is 5.10. The Hall–Kier alpha value is -0.810.